The van der Waals surface area contributed by atoms with Crippen LogP contribution in [0.5, 0.6) is 5.75 Å². The second kappa shape index (κ2) is 8.05. The van der Waals surface area contributed by atoms with Crippen LogP contribution in [0.25, 0.3) is 0 Å². The van der Waals surface area contributed by atoms with E-state index >= 15 is 0 Å². The maximum Gasteiger partial charge on any atom is 0.120 e. The molecule has 0 aliphatic heterocycles. The average molecular weight is 310 g/mol. The second-order valence-electron chi connectivity index (χ2n) is 6.34. The molecule has 3 heteroatoms. The zero-order valence-corrected chi connectivity index (χ0v) is 14.2. The Balaban J connectivity index is 2.18. The molecule has 2 nitrogen and oxygen atoms in total. The molecule has 1 atom stereocenters. The Labute approximate surface area is 134 Å². The fraction of sp³-hybridized carbons (Fsp3) is 0.667. The van der Waals surface area contributed by atoms with Crippen molar-refractivity contribution < 1.29 is 4.74 Å². The molecule has 1 N–H and O–H groups in total. The summed E-state index contributed by atoms with van der Waals surface area (Å²) in [5, 5.41) is 4.54. The highest BCUT2D eigenvalue weighted by Crippen LogP contribution is 2.39. The van der Waals surface area contributed by atoms with E-state index in [0.717, 1.165) is 29.7 Å². The van der Waals surface area contributed by atoms with Crippen molar-refractivity contribution in [3.63, 3.8) is 0 Å². The van der Waals surface area contributed by atoms with Crippen LogP contribution in [0.4, 0.5) is 0 Å². The van der Waals surface area contributed by atoms with Gasteiger partial charge in [0.05, 0.1) is 7.11 Å². The van der Waals surface area contributed by atoms with Crippen molar-refractivity contribution in [2.45, 2.75) is 52.0 Å². The largest absolute Gasteiger partial charge is 0.497 e. The Bertz CT molecular complexity index is 441. The number of halogens is 1. The lowest BCUT2D eigenvalue weighted by molar-refractivity contribution is 0.231. The van der Waals surface area contributed by atoms with Gasteiger partial charge in [-0.3, -0.25) is 0 Å². The maximum atomic E-state index is 6.51. The van der Waals surface area contributed by atoms with Crippen LogP contribution in [0, 0.1) is 11.8 Å². The Kier molecular flexibility index (Phi) is 6.38. The number of methoxy groups -OCH3 is 1. The van der Waals surface area contributed by atoms with Crippen LogP contribution in [0.1, 0.15) is 57.6 Å². The molecular formula is C18H28ClNO. The smallest absolute Gasteiger partial charge is 0.120 e. The van der Waals surface area contributed by atoms with E-state index in [2.05, 4.69) is 25.2 Å². The summed E-state index contributed by atoms with van der Waals surface area (Å²) in [5.74, 6) is 2.40. The molecule has 1 fully saturated rings. The summed E-state index contributed by atoms with van der Waals surface area (Å²) in [6.45, 7) is 5.62. The van der Waals surface area contributed by atoms with Crippen molar-refractivity contribution in [1.82, 2.24) is 5.32 Å². The summed E-state index contributed by atoms with van der Waals surface area (Å²) in [7, 11) is 1.68. The molecular weight excluding hydrogens is 282 g/mol. The van der Waals surface area contributed by atoms with E-state index in [4.69, 9.17) is 16.3 Å². The van der Waals surface area contributed by atoms with Crippen LogP contribution in [0.2, 0.25) is 5.02 Å². The van der Waals surface area contributed by atoms with Crippen LogP contribution in [-0.4, -0.2) is 13.7 Å². The topological polar surface area (TPSA) is 21.3 Å². The molecule has 0 radical (unpaired) electrons. The van der Waals surface area contributed by atoms with Crippen molar-refractivity contribution in [3.05, 3.63) is 28.8 Å². The average Bonchev–Trinajstić information content (AvgIpc) is 2.50. The Morgan fingerprint density at radius 3 is 2.57 bits per heavy atom. The number of hydrogen-bond acceptors (Lipinski definition) is 2. The molecule has 21 heavy (non-hydrogen) atoms. The van der Waals surface area contributed by atoms with Crippen LogP contribution in [-0.2, 0) is 0 Å². The first-order chi connectivity index (χ1) is 10.2. The summed E-state index contributed by atoms with van der Waals surface area (Å²) in [4.78, 5) is 0. The zero-order valence-electron chi connectivity index (χ0n) is 13.5. The summed E-state index contributed by atoms with van der Waals surface area (Å²) < 4.78 is 5.27. The Morgan fingerprint density at radius 2 is 2.00 bits per heavy atom. The van der Waals surface area contributed by atoms with Crippen LogP contribution < -0.4 is 10.1 Å². The first kappa shape index (κ1) is 16.6. The quantitative estimate of drug-likeness (QED) is 0.778. The van der Waals surface area contributed by atoms with E-state index in [1.54, 1.807) is 7.11 Å². The predicted molar refractivity (Wildman–Crippen MR) is 90.2 cm³/mol. The highest BCUT2D eigenvalue weighted by Gasteiger charge is 2.28. The van der Waals surface area contributed by atoms with Crippen molar-refractivity contribution >= 4 is 11.6 Å². The number of benzene rings is 1. The van der Waals surface area contributed by atoms with Gasteiger partial charge < -0.3 is 10.1 Å². The van der Waals surface area contributed by atoms with Gasteiger partial charge in [-0.05, 0) is 55.3 Å². The lowest BCUT2D eigenvalue weighted by Gasteiger charge is -2.34. The molecule has 0 heterocycles. The maximum absolute atomic E-state index is 6.51. The molecule has 1 aliphatic rings. The third-order valence-corrected chi connectivity index (χ3v) is 5.02. The molecule has 1 unspecified atom stereocenters. The predicted octanol–water partition coefficient (Wildman–Crippen LogP) is 5.22. The number of rotatable bonds is 6. The fourth-order valence-corrected chi connectivity index (χ4v) is 3.62. The second-order valence-corrected chi connectivity index (χ2v) is 6.75. The van der Waals surface area contributed by atoms with E-state index in [9.17, 15) is 0 Å². The molecule has 2 rings (SSSR count). The van der Waals surface area contributed by atoms with Crippen molar-refractivity contribution in [2.75, 3.05) is 13.7 Å². The van der Waals surface area contributed by atoms with Crippen molar-refractivity contribution in [2.24, 2.45) is 11.8 Å². The molecule has 0 bridgehead atoms. The van der Waals surface area contributed by atoms with Gasteiger partial charge in [0.2, 0.25) is 0 Å². The third kappa shape index (κ3) is 4.37. The SMILES string of the molecule is CCCNC(c1ccc(OC)cc1Cl)C1CCC(C)CC1. The summed E-state index contributed by atoms with van der Waals surface area (Å²) >= 11 is 6.51. The van der Waals surface area contributed by atoms with Gasteiger partial charge in [-0.2, -0.15) is 0 Å². The van der Waals surface area contributed by atoms with Gasteiger partial charge >= 0.3 is 0 Å². The monoisotopic (exact) mass is 309 g/mol. The van der Waals surface area contributed by atoms with Gasteiger partial charge in [-0.25, -0.2) is 0 Å². The standard InChI is InChI=1S/C18H28ClNO/c1-4-11-20-18(14-7-5-13(2)6-8-14)16-10-9-15(21-3)12-17(16)19/h9-10,12-14,18,20H,4-8,11H2,1-3H3. The first-order valence-corrected chi connectivity index (χ1v) is 8.60. The molecule has 1 aliphatic carbocycles. The molecule has 1 aromatic carbocycles. The first-order valence-electron chi connectivity index (χ1n) is 8.22. The van der Waals surface area contributed by atoms with Gasteiger partial charge in [-0.15, -0.1) is 0 Å². The van der Waals surface area contributed by atoms with Crippen LogP contribution in [0.3, 0.4) is 0 Å². The summed E-state index contributed by atoms with van der Waals surface area (Å²) in [6, 6.07) is 6.46. The Hall–Kier alpha value is -0.730. The van der Waals surface area contributed by atoms with Crippen LogP contribution >= 0.6 is 11.6 Å². The molecule has 1 aromatic rings. The van der Waals surface area contributed by atoms with Gasteiger partial charge in [0, 0.05) is 11.1 Å². The lowest BCUT2D eigenvalue weighted by Crippen LogP contribution is -2.31. The molecule has 0 spiro atoms. The van der Waals surface area contributed by atoms with E-state index < -0.39 is 0 Å². The number of ether oxygens (including phenoxy) is 1. The number of nitrogens with one attached hydrogen (secondary N) is 1. The minimum atomic E-state index is 0.371. The zero-order chi connectivity index (χ0) is 15.2. The molecule has 1 saturated carbocycles. The lowest BCUT2D eigenvalue weighted by atomic mass is 9.77. The van der Waals surface area contributed by atoms with Crippen LogP contribution in [0.15, 0.2) is 18.2 Å². The summed E-state index contributed by atoms with van der Waals surface area (Å²) in [5.41, 5.74) is 1.23. The highest BCUT2D eigenvalue weighted by molar-refractivity contribution is 6.31. The van der Waals surface area contributed by atoms with Gasteiger partial charge in [0.25, 0.3) is 0 Å². The minimum absolute atomic E-state index is 0.371. The minimum Gasteiger partial charge on any atom is -0.497 e. The highest BCUT2D eigenvalue weighted by atomic mass is 35.5. The molecule has 118 valence electrons. The van der Waals surface area contributed by atoms with Gasteiger partial charge in [-0.1, -0.05) is 44.4 Å². The van der Waals surface area contributed by atoms with E-state index in [1.807, 2.05) is 12.1 Å². The third-order valence-electron chi connectivity index (χ3n) is 4.69. The van der Waals surface area contributed by atoms with E-state index in [0.29, 0.717) is 12.0 Å². The van der Waals surface area contributed by atoms with Gasteiger partial charge in [0.15, 0.2) is 0 Å². The molecule has 0 aromatic heterocycles. The van der Waals surface area contributed by atoms with Crippen molar-refractivity contribution in [1.29, 1.82) is 0 Å². The van der Waals surface area contributed by atoms with E-state index in [1.165, 1.54) is 31.2 Å². The molecule has 0 amide bonds. The van der Waals surface area contributed by atoms with E-state index in [-0.39, 0.29) is 0 Å². The summed E-state index contributed by atoms with van der Waals surface area (Å²) in [6.07, 6.45) is 6.41. The number of hydrogen-bond donors (Lipinski definition) is 1. The van der Waals surface area contributed by atoms with Crippen molar-refractivity contribution in [3.8, 4) is 5.75 Å². The Morgan fingerprint density at radius 1 is 1.29 bits per heavy atom. The van der Waals surface area contributed by atoms with Gasteiger partial charge in [0.1, 0.15) is 5.75 Å². The normalized spacial score (nSPS) is 23.8. The molecule has 0 saturated heterocycles. The fourth-order valence-electron chi connectivity index (χ4n) is 3.34.